The molecular weight excluding hydrogens is 292 g/mol. The highest BCUT2D eigenvalue weighted by Crippen LogP contribution is 2.29. The van der Waals surface area contributed by atoms with Gasteiger partial charge in [-0.25, -0.2) is 0 Å². The number of nitrogens with zero attached hydrogens (tertiary/aromatic N) is 3. The lowest BCUT2D eigenvalue weighted by molar-refractivity contribution is -0.139. The number of nitrogens with two attached hydrogens (primary N) is 1. The van der Waals surface area contributed by atoms with Crippen LogP contribution in [0.4, 0.5) is 0 Å². The molecule has 0 aromatic carbocycles. The zero-order valence-electron chi connectivity index (χ0n) is 14.1. The Balaban J connectivity index is 1.44. The van der Waals surface area contributed by atoms with E-state index in [4.69, 9.17) is 5.73 Å². The van der Waals surface area contributed by atoms with Crippen LogP contribution < -0.4 is 5.73 Å². The van der Waals surface area contributed by atoms with E-state index in [-0.39, 0.29) is 11.8 Å². The molecule has 23 heavy (non-hydrogen) atoms. The van der Waals surface area contributed by atoms with Gasteiger partial charge in [0.05, 0.1) is 12.1 Å². The quantitative estimate of drug-likeness (QED) is 0.817. The van der Waals surface area contributed by atoms with Crippen molar-refractivity contribution in [3.8, 4) is 0 Å². The molecule has 3 rings (SSSR count). The van der Waals surface area contributed by atoms with E-state index in [1.54, 1.807) is 0 Å². The van der Waals surface area contributed by atoms with E-state index in [1.165, 1.54) is 6.42 Å². The SMILES string of the molecule is NC1(C(=O)N2CCN(CC(=O)N3CCCCC3)CC2)CCCC1. The summed E-state index contributed by atoms with van der Waals surface area (Å²) >= 11 is 0. The van der Waals surface area contributed by atoms with Gasteiger partial charge >= 0.3 is 0 Å². The molecular formula is C17H30N4O2. The fourth-order valence-electron chi connectivity index (χ4n) is 4.08. The molecule has 1 saturated carbocycles. The van der Waals surface area contributed by atoms with Crippen LogP contribution in [0.25, 0.3) is 0 Å². The van der Waals surface area contributed by atoms with Crippen LogP contribution in [0.5, 0.6) is 0 Å². The first-order valence-electron chi connectivity index (χ1n) is 9.17. The van der Waals surface area contributed by atoms with Gasteiger partial charge in [0, 0.05) is 39.3 Å². The Hall–Kier alpha value is -1.14. The largest absolute Gasteiger partial charge is 0.342 e. The van der Waals surface area contributed by atoms with E-state index >= 15 is 0 Å². The van der Waals surface area contributed by atoms with Gasteiger partial charge in [0.2, 0.25) is 11.8 Å². The zero-order chi connectivity index (χ0) is 16.3. The van der Waals surface area contributed by atoms with Crippen molar-refractivity contribution < 1.29 is 9.59 Å². The van der Waals surface area contributed by atoms with Crippen molar-refractivity contribution in [2.75, 3.05) is 45.8 Å². The first-order valence-corrected chi connectivity index (χ1v) is 9.17. The Morgan fingerprint density at radius 3 is 2.00 bits per heavy atom. The summed E-state index contributed by atoms with van der Waals surface area (Å²) < 4.78 is 0. The summed E-state index contributed by atoms with van der Waals surface area (Å²) in [5.41, 5.74) is 5.66. The van der Waals surface area contributed by atoms with Gasteiger partial charge < -0.3 is 15.5 Å². The minimum atomic E-state index is -0.619. The predicted molar refractivity (Wildman–Crippen MR) is 88.8 cm³/mol. The third kappa shape index (κ3) is 3.86. The molecule has 0 atom stereocenters. The predicted octanol–water partition coefficient (Wildman–Crippen LogP) is 0.415. The van der Waals surface area contributed by atoms with Crippen LogP contribution in [0.1, 0.15) is 44.9 Å². The van der Waals surface area contributed by atoms with Crippen LogP contribution in [0.15, 0.2) is 0 Å². The van der Waals surface area contributed by atoms with Crippen molar-refractivity contribution in [3.63, 3.8) is 0 Å². The van der Waals surface area contributed by atoms with Gasteiger partial charge in [-0.2, -0.15) is 0 Å². The van der Waals surface area contributed by atoms with Crippen LogP contribution in [0, 0.1) is 0 Å². The lowest BCUT2D eigenvalue weighted by atomic mass is 9.97. The van der Waals surface area contributed by atoms with Crippen molar-refractivity contribution in [3.05, 3.63) is 0 Å². The number of piperidine rings is 1. The molecule has 130 valence electrons. The second-order valence-electron chi connectivity index (χ2n) is 7.37. The summed E-state index contributed by atoms with van der Waals surface area (Å²) in [6, 6.07) is 0. The van der Waals surface area contributed by atoms with Crippen molar-refractivity contribution in [2.24, 2.45) is 5.73 Å². The van der Waals surface area contributed by atoms with Crippen molar-refractivity contribution in [1.82, 2.24) is 14.7 Å². The first kappa shape index (κ1) is 16.7. The zero-order valence-corrected chi connectivity index (χ0v) is 14.1. The maximum absolute atomic E-state index is 12.6. The fourth-order valence-corrected chi connectivity index (χ4v) is 4.08. The standard InChI is InChI=1S/C17H30N4O2/c18-17(6-2-3-7-17)16(23)21-12-10-19(11-13-21)14-15(22)20-8-4-1-5-9-20/h1-14,18H2. The summed E-state index contributed by atoms with van der Waals surface area (Å²) in [4.78, 5) is 31.0. The van der Waals surface area contributed by atoms with Crippen LogP contribution in [-0.2, 0) is 9.59 Å². The number of hydrogen-bond acceptors (Lipinski definition) is 4. The number of piperazine rings is 1. The lowest BCUT2D eigenvalue weighted by Crippen LogP contribution is -2.59. The molecule has 1 aliphatic carbocycles. The first-order chi connectivity index (χ1) is 11.1. The second kappa shape index (κ2) is 7.18. The van der Waals surface area contributed by atoms with Gasteiger partial charge in [-0.05, 0) is 32.1 Å². The van der Waals surface area contributed by atoms with Gasteiger partial charge in [0.25, 0.3) is 0 Å². The van der Waals surface area contributed by atoms with Crippen LogP contribution >= 0.6 is 0 Å². The summed E-state index contributed by atoms with van der Waals surface area (Å²) in [5.74, 6) is 0.368. The van der Waals surface area contributed by atoms with E-state index in [1.807, 2.05) is 9.80 Å². The second-order valence-corrected chi connectivity index (χ2v) is 7.37. The van der Waals surface area contributed by atoms with E-state index in [9.17, 15) is 9.59 Å². The Kier molecular flexibility index (Phi) is 5.21. The molecule has 3 aliphatic rings. The average molecular weight is 322 g/mol. The number of carbonyl (C=O) groups excluding carboxylic acids is 2. The molecule has 0 aromatic heterocycles. The van der Waals surface area contributed by atoms with Crippen molar-refractivity contribution in [1.29, 1.82) is 0 Å². The van der Waals surface area contributed by atoms with E-state index < -0.39 is 5.54 Å². The average Bonchev–Trinajstić information content (AvgIpc) is 3.03. The van der Waals surface area contributed by atoms with E-state index in [0.29, 0.717) is 19.6 Å². The fraction of sp³-hybridized carbons (Fsp3) is 0.882. The van der Waals surface area contributed by atoms with Gasteiger partial charge in [-0.1, -0.05) is 12.8 Å². The molecule has 0 bridgehead atoms. The van der Waals surface area contributed by atoms with E-state index in [2.05, 4.69) is 4.90 Å². The molecule has 6 nitrogen and oxygen atoms in total. The monoisotopic (exact) mass is 322 g/mol. The summed E-state index contributed by atoms with van der Waals surface area (Å²) in [6.45, 7) is 5.27. The summed E-state index contributed by atoms with van der Waals surface area (Å²) in [5, 5.41) is 0. The molecule has 6 heteroatoms. The van der Waals surface area contributed by atoms with Gasteiger partial charge in [-0.3, -0.25) is 14.5 Å². The Bertz CT molecular complexity index is 434. The topological polar surface area (TPSA) is 69.9 Å². The molecule has 0 aromatic rings. The summed E-state index contributed by atoms with van der Waals surface area (Å²) in [6.07, 6.45) is 7.27. The lowest BCUT2D eigenvalue weighted by Gasteiger charge is -2.39. The smallest absolute Gasteiger partial charge is 0.242 e. The van der Waals surface area contributed by atoms with Gasteiger partial charge in [0.15, 0.2) is 0 Å². The normalized spacial score (nSPS) is 25.6. The van der Waals surface area contributed by atoms with E-state index in [0.717, 1.165) is 64.7 Å². The molecule has 2 heterocycles. The molecule has 2 aliphatic heterocycles. The maximum atomic E-state index is 12.6. The molecule has 0 unspecified atom stereocenters. The third-order valence-corrected chi connectivity index (χ3v) is 5.65. The Morgan fingerprint density at radius 2 is 1.39 bits per heavy atom. The molecule has 2 N–H and O–H groups in total. The Morgan fingerprint density at radius 1 is 0.783 bits per heavy atom. The molecule has 0 spiro atoms. The maximum Gasteiger partial charge on any atom is 0.242 e. The highest BCUT2D eigenvalue weighted by atomic mass is 16.2. The number of amides is 2. The molecule has 2 saturated heterocycles. The molecule has 0 radical (unpaired) electrons. The third-order valence-electron chi connectivity index (χ3n) is 5.65. The van der Waals surface area contributed by atoms with Crippen LogP contribution in [-0.4, -0.2) is 77.9 Å². The minimum Gasteiger partial charge on any atom is -0.342 e. The highest BCUT2D eigenvalue weighted by Gasteiger charge is 2.40. The molecule has 2 amide bonds. The minimum absolute atomic E-state index is 0.122. The van der Waals surface area contributed by atoms with Crippen molar-refractivity contribution in [2.45, 2.75) is 50.5 Å². The molecule has 3 fully saturated rings. The van der Waals surface area contributed by atoms with Gasteiger partial charge in [0.1, 0.15) is 0 Å². The number of hydrogen-bond donors (Lipinski definition) is 1. The number of likely N-dealkylation sites (tertiary alicyclic amines) is 1. The highest BCUT2D eigenvalue weighted by molar-refractivity contribution is 5.86. The summed E-state index contributed by atoms with van der Waals surface area (Å²) in [7, 11) is 0. The van der Waals surface area contributed by atoms with Crippen LogP contribution in [0.2, 0.25) is 0 Å². The number of rotatable bonds is 3. The van der Waals surface area contributed by atoms with Crippen molar-refractivity contribution >= 4 is 11.8 Å². The van der Waals surface area contributed by atoms with Crippen LogP contribution in [0.3, 0.4) is 0 Å². The number of carbonyl (C=O) groups is 2. The van der Waals surface area contributed by atoms with Gasteiger partial charge in [-0.15, -0.1) is 0 Å². The Labute approximate surface area is 139 Å².